The van der Waals surface area contributed by atoms with E-state index in [0.29, 0.717) is 12.3 Å². The zero-order valence-electron chi connectivity index (χ0n) is 7.00. The number of benzene rings is 1. The highest BCUT2D eigenvalue weighted by molar-refractivity contribution is 14.1. The summed E-state index contributed by atoms with van der Waals surface area (Å²) in [5, 5.41) is 0. The first-order valence-corrected chi connectivity index (χ1v) is 5.69. The Balaban J connectivity index is 2.42. The number of fused-ring (bicyclic) bond motifs is 1. The van der Waals surface area contributed by atoms with Gasteiger partial charge in [-0.2, -0.15) is 0 Å². The standard InChI is InChI=1S/C10H9IO2/c11-6-7-5-10(12)13-9-4-2-1-3-8(7)9/h1-4,7H,5-6H2. The van der Waals surface area contributed by atoms with Crippen molar-refractivity contribution in [2.75, 3.05) is 4.43 Å². The average Bonchev–Trinajstić information content (AvgIpc) is 2.16. The minimum absolute atomic E-state index is 0.111. The van der Waals surface area contributed by atoms with E-state index < -0.39 is 0 Å². The highest BCUT2D eigenvalue weighted by atomic mass is 127. The van der Waals surface area contributed by atoms with Gasteiger partial charge < -0.3 is 4.74 Å². The van der Waals surface area contributed by atoms with Gasteiger partial charge in [0.1, 0.15) is 5.75 Å². The molecular weight excluding hydrogens is 279 g/mol. The Bertz CT molecular complexity index is 335. The molecule has 0 radical (unpaired) electrons. The second-order valence-corrected chi connectivity index (χ2v) is 3.95. The first-order chi connectivity index (χ1) is 6.31. The Morgan fingerprint density at radius 3 is 3.00 bits per heavy atom. The van der Waals surface area contributed by atoms with Gasteiger partial charge in [-0.15, -0.1) is 0 Å². The monoisotopic (exact) mass is 288 g/mol. The van der Waals surface area contributed by atoms with E-state index in [4.69, 9.17) is 4.74 Å². The summed E-state index contributed by atoms with van der Waals surface area (Å²) < 4.78 is 6.08. The van der Waals surface area contributed by atoms with Gasteiger partial charge in [0.15, 0.2) is 0 Å². The fourth-order valence-corrected chi connectivity index (χ4v) is 2.31. The first kappa shape index (κ1) is 8.99. The van der Waals surface area contributed by atoms with Crippen LogP contribution in [-0.2, 0) is 4.79 Å². The summed E-state index contributed by atoms with van der Waals surface area (Å²) in [6.07, 6.45) is 0.514. The Hall–Kier alpha value is -0.580. The second kappa shape index (κ2) is 3.65. The Morgan fingerprint density at radius 1 is 1.46 bits per heavy atom. The molecule has 1 aromatic rings. The highest BCUT2D eigenvalue weighted by Gasteiger charge is 2.25. The van der Waals surface area contributed by atoms with Crippen LogP contribution < -0.4 is 4.74 Å². The van der Waals surface area contributed by atoms with Crippen LogP contribution >= 0.6 is 22.6 Å². The van der Waals surface area contributed by atoms with Crippen LogP contribution in [0.15, 0.2) is 24.3 Å². The van der Waals surface area contributed by atoms with Crippen molar-refractivity contribution in [3.8, 4) is 5.75 Å². The number of carbonyl (C=O) groups is 1. The van der Waals surface area contributed by atoms with Gasteiger partial charge in [0.2, 0.25) is 0 Å². The molecule has 1 aliphatic rings. The number of carbonyl (C=O) groups excluding carboxylic acids is 1. The maximum Gasteiger partial charge on any atom is 0.311 e. The number of halogens is 1. The summed E-state index contributed by atoms with van der Waals surface area (Å²) in [6.45, 7) is 0. The molecule has 3 heteroatoms. The van der Waals surface area contributed by atoms with Gasteiger partial charge >= 0.3 is 5.97 Å². The molecule has 0 aliphatic carbocycles. The molecule has 68 valence electrons. The van der Waals surface area contributed by atoms with Crippen molar-refractivity contribution < 1.29 is 9.53 Å². The predicted molar refractivity (Wildman–Crippen MR) is 58.3 cm³/mol. The molecular formula is C10H9IO2. The van der Waals surface area contributed by atoms with E-state index >= 15 is 0 Å². The number of para-hydroxylation sites is 1. The molecule has 0 N–H and O–H groups in total. The summed E-state index contributed by atoms with van der Waals surface area (Å²) in [7, 11) is 0. The summed E-state index contributed by atoms with van der Waals surface area (Å²) in [6, 6.07) is 7.76. The molecule has 0 saturated carbocycles. The van der Waals surface area contributed by atoms with Crippen LogP contribution in [0.5, 0.6) is 5.75 Å². The van der Waals surface area contributed by atoms with E-state index in [-0.39, 0.29) is 5.97 Å². The van der Waals surface area contributed by atoms with Gasteiger partial charge in [-0.05, 0) is 11.6 Å². The molecule has 0 aromatic heterocycles. The lowest BCUT2D eigenvalue weighted by molar-refractivity contribution is -0.135. The molecule has 1 atom stereocenters. The van der Waals surface area contributed by atoms with E-state index in [2.05, 4.69) is 22.6 Å². The molecule has 1 unspecified atom stereocenters. The van der Waals surface area contributed by atoms with Gasteiger partial charge in [0.25, 0.3) is 0 Å². The number of esters is 1. The lowest BCUT2D eigenvalue weighted by Crippen LogP contribution is -2.20. The predicted octanol–water partition coefficient (Wildman–Crippen LogP) is 2.51. The van der Waals surface area contributed by atoms with Gasteiger partial charge in [0, 0.05) is 10.3 Å². The van der Waals surface area contributed by atoms with Crippen molar-refractivity contribution in [2.45, 2.75) is 12.3 Å². The molecule has 2 nitrogen and oxygen atoms in total. The van der Waals surface area contributed by atoms with Crippen molar-refractivity contribution in [3.63, 3.8) is 0 Å². The maximum absolute atomic E-state index is 11.2. The minimum Gasteiger partial charge on any atom is -0.426 e. The van der Waals surface area contributed by atoms with Crippen molar-refractivity contribution in [2.24, 2.45) is 0 Å². The SMILES string of the molecule is O=C1CC(CI)c2ccccc2O1. The third-order valence-electron chi connectivity index (χ3n) is 2.18. The molecule has 0 spiro atoms. The average molecular weight is 288 g/mol. The lowest BCUT2D eigenvalue weighted by Gasteiger charge is -2.22. The fraction of sp³-hybridized carbons (Fsp3) is 0.300. The minimum atomic E-state index is -0.111. The van der Waals surface area contributed by atoms with Crippen LogP contribution in [0, 0.1) is 0 Å². The molecule has 2 rings (SSSR count). The Morgan fingerprint density at radius 2 is 2.23 bits per heavy atom. The maximum atomic E-state index is 11.2. The summed E-state index contributed by atoms with van der Waals surface area (Å²) in [4.78, 5) is 11.2. The lowest BCUT2D eigenvalue weighted by atomic mass is 9.95. The topological polar surface area (TPSA) is 26.3 Å². The fourth-order valence-electron chi connectivity index (χ4n) is 1.52. The smallest absolute Gasteiger partial charge is 0.311 e. The molecule has 1 aromatic carbocycles. The third-order valence-corrected chi connectivity index (χ3v) is 3.25. The van der Waals surface area contributed by atoms with Crippen molar-refractivity contribution >= 4 is 28.6 Å². The number of alkyl halides is 1. The first-order valence-electron chi connectivity index (χ1n) is 4.17. The van der Waals surface area contributed by atoms with E-state index in [1.807, 2.05) is 24.3 Å². The largest absolute Gasteiger partial charge is 0.426 e. The molecule has 0 bridgehead atoms. The van der Waals surface area contributed by atoms with Gasteiger partial charge in [-0.1, -0.05) is 40.8 Å². The number of rotatable bonds is 1. The Kier molecular flexibility index (Phi) is 2.53. The van der Waals surface area contributed by atoms with Gasteiger partial charge in [-0.25, -0.2) is 0 Å². The van der Waals surface area contributed by atoms with E-state index in [1.165, 1.54) is 0 Å². The van der Waals surface area contributed by atoms with Crippen LogP contribution in [-0.4, -0.2) is 10.4 Å². The summed E-state index contributed by atoms with van der Waals surface area (Å²) >= 11 is 2.31. The van der Waals surface area contributed by atoms with Crippen LogP contribution in [0.25, 0.3) is 0 Å². The molecule has 1 aliphatic heterocycles. The van der Waals surface area contributed by atoms with E-state index in [0.717, 1.165) is 15.7 Å². The van der Waals surface area contributed by atoms with Crippen molar-refractivity contribution in [3.05, 3.63) is 29.8 Å². The molecule has 0 amide bonds. The van der Waals surface area contributed by atoms with Gasteiger partial charge in [-0.3, -0.25) is 4.79 Å². The number of hydrogen-bond acceptors (Lipinski definition) is 2. The number of hydrogen-bond donors (Lipinski definition) is 0. The van der Waals surface area contributed by atoms with Crippen LogP contribution in [0.3, 0.4) is 0 Å². The highest BCUT2D eigenvalue weighted by Crippen LogP contribution is 2.34. The van der Waals surface area contributed by atoms with Crippen LogP contribution in [0.2, 0.25) is 0 Å². The van der Waals surface area contributed by atoms with E-state index in [9.17, 15) is 4.79 Å². The van der Waals surface area contributed by atoms with Crippen LogP contribution in [0.4, 0.5) is 0 Å². The van der Waals surface area contributed by atoms with Crippen molar-refractivity contribution in [1.82, 2.24) is 0 Å². The Labute approximate surface area is 90.4 Å². The molecule has 0 saturated heterocycles. The zero-order chi connectivity index (χ0) is 9.26. The number of ether oxygens (including phenoxy) is 1. The second-order valence-electron chi connectivity index (χ2n) is 3.07. The summed E-state index contributed by atoms with van der Waals surface area (Å²) in [5.74, 6) is 0.957. The zero-order valence-corrected chi connectivity index (χ0v) is 9.15. The van der Waals surface area contributed by atoms with Crippen LogP contribution in [0.1, 0.15) is 17.9 Å². The molecule has 1 heterocycles. The summed E-state index contributed by atoms with van der Waals surface area (Å²) in [5.41, 5.74) is 1.16. The van der Waals surface area contributed by atoms with Gasteiger partial charge in [0.05, 0.1) is 6.42 Å². The third kappa shape index (κ3) is 1.70. The molecule has 13 heavy (non-hydrogen) atoms. The molecule has 0 fully saturated rings. The normalized spacial score (nSPS) is 20.7. The van der Waals surface area contributed by atoms with E-state index in [1.54, 1.807) is 0 Å². The quantitative estimate of drug-likeness (QED) is 0.343. The van der Waals surface area contributed by atoms with Crippen molar-refractivity contribution in [1.29, 1.82) is 0 Å².